The zero-order chi connectivity index (χ0) is 16.9. The van der Waals surface area contributed by atoms with Gasteiger partial charge < -0.3 is 4.57 Å². The second-order valence-electron chi connectivity index (χ2n) is 5.36. The highest BCUT2D eigenvalue weighted by Gasteiger charge is 2.10. The van der Waals surface area contributed by atoms with E-state index in [4.69, 9.17) is 11.6 Å². The van der Waals surface area contributed by atoms with E-state index in [0.717, 1.165) is 15.8 Å². The van der Waals surface area contributed by atoms with E-state index in [1.807, 2.05) is 53.1 Å². The standard InChI is InChI=1S/C19H17ClN2OS/c1-2-13-22-18-15(20)9-6-10-16(18)24-19(22)21-17(23)12-11-14-7-4-3-5-8-14/h2-10H,1,11-13H2. The summed E-state index contributed by atoms with van der Waals surface area (Å²) in [5.41, 5.74) is 2.04. The molecule has 3 rings (SSSR count). The summed E-state index contributed by atoms with van der Waals surface area (Å²) in [7, 11) is 0. The Bertz CT molecular complexity index is 941. The van der Waals surface area contributed by atoms with Crippen LogP contribution in [0.1, 0.15) is 12.0 Å². The van der Waals surface area contributed by atoms with E-state index in [-0.39, 0.29) is 5.91 Å². The summed E-state index contributed by atoms with van der Waals surface area (Å²) < 4.78 is 2.95. The summed E-state index contributed by atoms with van der Waals surface area (Å²) in [5.74, 6) is -0.126. The number of rotatable bonds is 5. The molecule has 1 amide bonds. The van der Waals surface area contributed by atoms with Crippen molar-refractivity contribution in [3.63, 3.8) is 0 Å². The fraction of sp³-hybridized carbons (Fsp3) is 0.158. The van der Waals surface area contributed by atoms with Gasteiger partial charge in [0.15, 0.2) is 4.80 Å². The number of carbonyl (C=O) groups is 1. The van der Waals surface area contributed by atoms with E-state index < -0.39 is 0 Å². The van der Waals surface area contributed by atoms with Gasteiger partial charge in [-0.05, 0) is 24.1 Å². The molecule has 5 heteroatoms. The minimum absolute atomic E-state index is 0.126. The van der Waals surface area contributed by atoms with Gasteiger partial charge in [0.05, 0.1) is 15.2 Å². The molecule has 2 aromatic carbocycles. The first-order valence-corrected chi connectivity index (χ1v) is 8.88. The van der Waals surface area contributed by atoms with Gasteiger partial charge in [0, 0.05) is 13.0 Å². The van der Waals surface area contributed by atoms with Crippen molar-refractivity contribution in [3.8, 4) is 0 Å². The highest BCUT2D eigenvalue weighted by Crippen LogP contribution is 2.25. The van der Waals surface area contributed by atoms with Gasteiger partial charge in [-0.3, -0.25) is 4.79 Å². The van der Waals surface area contributed by atoms with Gasteiger partial charge in [0.1, 0.15) is 0 Å². The third-order valence-electron chi connectivity index (χ3n) is 3.65. The van der Waals surface area contributed by atoms with Gasteiger partial charge in [-0.15, -0.1) is 6.58 Å². The Labute approximate surface area is 149 Å². The minimum Gasteiger partial charge on any atom is -0.311 e. The number of allylic oxidation sites excluding steroid dienone is 1. The first-order chi connectivity index (χ1) is 11.7. The molecule has 0 spiro atoms. The quantitative estimate of drug-likeness (QED) is 0.615. The van der Waals surface area contributed by atoms with Crippen molar-refractivity contribution >= 4 is 39.1 Å². The monoisotopic (exact) mass is 356 g/mol. The van der Waals surface area contributed by atoms with E-state index in [1.165, 1.54) is 11.3 Å². The Balaban J connectivity index is 1.91. The normalized spacial score (nSPS) is 11.8. The zero-order valence-corrected chi connectivity index (χ0v) is 14.7. The molecule has 0 atom stereocenters. The number of carbonyl (C=O) groups excluding carboxylic acids is 1. The van der Waals surface area contributed by atoms with E-state index in [2.05, 4.69) is 11.6 Å². The van der Waals surface area contributed by atoms with Crippen LogP contribution in [-0.2, 0) is 17.8 Å². The van der Waals surface area contributed by atoms with Crippen molar-refractivity contribution in [1.29, 1.82) is 0 Å². The topological polar surface area (TPSA) is 34.4 Å². The smallest absolute Gasteiger partial charge is 0.248 e. The average molecular weight is 357 g/mol. The number of aromatic nitrogens is 1. The number of fused-ring (bicyclic) bond motifs is 1. The SMILES string of the molecule is C=CCn1c(=NC(=O)CCc2ccccc2)sc2cccc(Cl)c21. The maximum atomic E-state index is 12.3. The Kier molecular flexibility index (Phi) is 5.28. The molecule has 3 aromatic rings. The lowest BCUT2D eigenvalue weighted by Gasteiger charge is -2.02. The molecule has 0 aliphatic heterocycles. The van der Waals surface area contributed by atoms with Gasteiger partial charge in [0.25, 0.3) is 0 Å². The number of aryl methyl sites for hydroxylation is 1. The summed E-state index contributed by atoms with van der Waals surface area (Å²) in [6.07, 6.45) is 2.86. The molecule has 0 N–H and O–H groups in total. The van der Waals surface area contributed by atoms with Crippen LogP contribution in [0.15, 0.2) is 66.2 Å². The minimum atomic E-state index is -0.126. The largest absolute Gasteiger partial charge is 0.311 e. The molecule has 0 unspecified atom stereocenters. The number of benzene rings is 2. The van der Waals surface area contributed by atoms with Crippen LogP contribution < -0.4 is 4.80 Å². The van der Waals surface area contributed by atoms with E-state index in [0.29, 0.717) is 29.2 Å². The lowest BCUT2D eigenvalue weighted by molar-refractivity contribution is -0.118. The van der Waals surface area contributed by atoms with Crippen molar-refractivity contribution in [1.82, 2.24) is 4.57 Å². The lowest BCUT2D eigenvalue weighted by atomic mass is 10.1. The van der Waals surface area contributed by atoms with Gasteiger partial charge in [0.2, 0.25) is 5.91 Å². The van der Waals surface area contributed by atoms with E-state index in [9.17, 15) is 4.79 Å². The van der Waals surface area contributed by atoms with Crippen LogP contribution in [0.3, 0.4) is 0 Å². The van der Waals surface area contributed by atoms with Gasteiger partial charge in [-0.25, -0.2) is 0 Å². The fourth-order valence-electron chi connectivity index (χ4n) is 2.53. The highest BCUT2D eigenvalue weighted by molar-refractivity contribution is 7.16. The third kappa shape index (κ3) is 3.66. The molecule has 0 radical (unpaired) electrons. The third-order valence-corrected chi connectivity index (χ3v) is 5.00. The Hall–Kier alpha value is -2.17. The van der Waals surface area contributed by atoms with Crippen LogP contribution in [0, 0.1) is 0 Å². The number of nitrogens with zero attached hydrogens (tertiary/aromatic N) is 2. The summed E-state index contributed by atoms with van der Waals surface area (Å²) in [6, 6.07) is 15.7. The predicted molar refractivity (Wildman–Crippen MR) is 100 cm³/mol. The Morgan fingerprint density at radius 2 is 2.00 bits per heavy atom. The van der Waals surface area contributed by atoms with E-state index >= 15 is 0 Å². The van der Waals surface area contributed by atoms with Gasteiger partial charge >= 0.3 is 0 Å². The maximum absolute atomic E-state index is 12.3. The molecule has 1 heterocycles. The molecule has 0 saturated heterocycles. The van der Waals surface area contributed by atoms with Crippen molar-refractivity contribution in [2.75, 3.05) is 0 Å². The molecule has 0 aliphatic rings. The number of halogens is 1. The zero-order valence-electron chi connectivity index (χ0n) is 13.1. The number of hydrogen-bond donors (Lipinski definition) is 0. The molecule has 0 fully saturated rings. The Morgan fingerprint density at radius 1 is 1.21 bits per heavy atom. The lowest BCUT2D eigenvalue weighted by Crippen LogP contribution is -2.16. The predicted octanol–water partition coefficient (Wildman–Crippen LogP) is 4.60. The van der Waals surface area contributed by atoms with Crippen LogP contribution in [0.5, 0.6) is 0 Å². The molecule has 0 aliphatic carbocycles. The first-order valence-electron chi connectivity index (χ1n) is 7.69. The summed E-state index contributed by atoms with van der Waals surface area (Å²) in [6.45, 7) is 4.35. The highest BCUT2D eigenvalue weighted by atomic mass is 35.5. The summed E-state index contributed by atoms with van der Waals surface area (Å²) >= 11 is 7.79. The van der Waals surface area contributed by atoms with Crippen LogP contribution in [0.2, 0.25) is 5.02 Å². The number of thiazole rings is 1. The number of amides is 1. The summed E-state index contributed by atoms with van der Waals surface area (Å²) in [5, 5.41) is 0.656. The van der Waals surface area contributed by atoms with Crippen LogP contribution in [0.4, 0.5) is 0 Å². The maximum Gasteiger partial charge on any atom is 0.248 e. The molecule has 0 bridgehead atoms. The first kappa shape index (κ1) is 16.7. The molecular formula is C19H17ClN2OS. The fourth-order valence-corrected chi connectivity index (χ4v) is 3.95. The molecule has 24 heavy (non-hydrogen) atoms. The second kappa shape index (κ2) is 7.60. The van der Waals surface area contributed by atoms with Crippen molar-refractivity contribution in [2.45, 2.75) is 19.4 Å². The van der Waals surface area contributed by atoms with E-state index in [1.54, 1.807) is 6.08 Å². The van der Waals surface area contributed by atoms with Gasteiger partial charge in [-0.1, -0.05) is 65.4 Å². The molecule has 1 aromatic heterocycles. The molecule has 0 saturated carbocycles. The molecule has 3 nitrogen and oxygen atoms in total. The van der Waals surface area contributed by atoms with Crippen molar-refractivity contribution in [2.24, 2.45) is 4.99 Å². The number of para-hydroxylation sites is 1. The van der Waals surface area contributed by atoms with Crippen LogP contribution in [-0.4, -0.2) is 10.5 Å². The summed E-state index contributed by atoms with van der Waals surface area (Å²) in [4.78, 5) is 17.2. The second-order valence-corrected chi connectivity index (χ2v) is 6.78. The van der Waals surface area contributed by atoms with Crippen molar-refractivity contribution in [3.05, 3.63) is 76.6 Å². The molecule has 122 valence electrons. The van der Waals surface area contributed by atoms with Gasteiger partial charge in [-0.2, -0.15) is 4.99 Å². The van der Waals surface area contributed by atoms with Crippen molar-refractivity contribution < 1.29 is 4.79 Å². The average Bonchev–Trinajstić information content (AvgIpc) is 2.93. The van der Waals surface area contributed by atoms with Crippen LogP contribution in [0.25, 0.3) is 10.2 Å². The van der Waals surface area contributed by atoms with Crippen LogP contribution >= 0.6 is 22.9 Å². The molecular weight excluding hydrogens is 340 g/mol. The Morgan fingerprint density at radius 3 is 2.75 bits per heavy atom. The number of hydrogen-bond acceptors (Lipinski definition) is 2.